The zero-order chi connectivity index (χ0) is 26.9. The first-order valence-electron chi connectivity index (χ1n) is 12.9. The molecule has 11 heteroatoms. The second-order valence-electron chi connectivity index (χ2n) is 9.75. The number of aromatic hydroxyl groups is 1. The third-order valence-electron chi connectivity index (χ3n) is 7.11. The van der Waals surface area contributed by atoms with E-state index in [9.17, 15) is 15.0 Å². The van der Waals surface area contributed by atoms with Crippen LogP contribution in [0.5, 0.6) is 11.6 Å². The van der Waals surface area contributed by atoms with Gasteiger partial charge in [0, 0.05) is 35.8 Å². The Labute approximate surface area is 232 Å². The number of nitrogens with one attached hydrogen (secondary N) is 4. The Hall–Kier alpha value is -3.80. The third-order valence-corrected chi connectivity index (χ3v) is 7.77. The molecular formula is C28H29BrN6O4. The molecule has 5 aromatic rings. The lowest BCUT2D eigenvalue weighted by molar-refractivity contribution is 0.117. The molecule has 0 saturated carbocycles. The van der Waals surface area contributed by atoms with Crippen LogP contribution in [0, 0.1) is 0 Å². The lowest BCUT2D eigenvalue weighted by Gasteiger charge is -2.24. The van der Waals surface area contributed by atoms with Crippen LogP contribution in [0.4, 0.5) is 5.69 Å². The van der Waals surface area contributed by atoms with E-state index in [1.165, 1.54) is 0 Å². The fourth-order valence-electron chi connectivity index (χ4n) is 5.10. The summed E-state index contributed by atoms with van der Waals surface area (Å²) in [5, 5.41) is 29.6. The summed E-state index contributed by atoms with van der Waals surface area (Å²) in [6, 6.07) is 13.2. The van der Waals surface area contributed by atoms with Crippen molar-refractivity contribution in [3.05, 3.63) is 69.7 Å². The van der Waals surface area contributed by atoms with E-state index in [1.54, 1.807) is 12.3 Å². The molecule has 1 fully saturated rings. The van der Waals surface area contributed by atoms with Gasteiger partial charge in [0.1, 0.15) is 29.8 Å². The van der Waals surface area contributed by atoms with Crippen LogP contribution in [-0.2, 0) is 0 Å². The molecule has 3 aromatic heterocycles. The fraction of sp³-hybridized carbons (Fsp3) is 0.286. The second-order valence-corrected chi connectivity index (χ2v) is 10.6. The van der Waals surface area contributed by atoms with E-state index in [0.29, 0.717) is 28.3 Å². The summed E-state index contributed by atoms with van der Waals surface area (Å²) in [6.45, 7) is 2.11. The molecule has 6 rings (SSSR count). The zero-order valence-corrected chi connectivity index (χ0v) is 22.7. The summed E-state index contributed by atoms with van der Waals surface area (Å²) in [6.07, 6.45) is 4.64. The second kappa shape index (κ2) is 10.8. The van der Waals surface area contributed by atoms with Gasteiger partial charge in [0.2, 0.25) is 0 Å². The minimum absolute atomic E-state index is 0.0786. The lowest BCUT2D eigenvalue weighted by Crippen LogP contribution is -2.29. The first kappa shape index (κ1) is 25.5. The Kier molecular flexibility index (Phi) is 7.03. The molecule has 1 saturated heterocycles. The number of aliphatic hydroxyl groups is 1. The van der Waals surface area contributed by atoms with Crippen molar-refractivity contribution >= 4 is 43.4 Å². The Morgan fingerprint density at radius 2 is 2.03 bits per heavy atom. The van der Waals surface area contributed by atoms with E-state index in [-0.39, 0.29) is 30.6 Å². The minimum atomic E-state index is -0.820. The van der Waals surface area contributed by atoms with Gasteiger partial charge in [-0.25, -0.2) is 4.98 Å². The van der Waals surface area contributed by atoms with Crippen molar-refractivity contribution in [2.24, 2.45) is 0 Å². The van der Waals surface area contributed by atoms with Crippen LogP contribution in [0.15, 0.2) is 64.1 Å². The fourth-order valence-corrected chi connectivity index (χ4v) is 5.50. The number of pyridine rings is 1. The Bertz CT molecular complexity index is 1690. The maximum Gasteiger partial charge on any atom is 0.261 e. The number of rotatable bonds is 8. The summed E-state index contributed by atoms with van der Waals surface area (Å²) in [4.78, 5) is 23.5. The van der Waals surface area contributed by atoms with E-state index in [2.05, 4.69) is 36.5 Å². The number of imidazole rings is 1. The van der Waals surface area contributed by atoms with E-state index in [4.69, 9.17) is 9.72 Å². The number of hydrogen-bond acceptors (Lipinski definition) is 7. The van der Waals surface area contributed by atoms with Crippen molar-refractivity contribution in [3.63, 3.8) is 0 Å². The molecular weight excluding hydrogens is 564 g/mol. The summed E-state index contributed by atoms with van der Waals surface area (Å²) < 4.78 is 8.47. The van der Waals surface area contributed by atoms with Crippen molar-refractivity contribution < 1.29 is 14.9 Å². The number of aromatic amines is 2. The normalized spacial score (nSPS) is 15.1. The largest absolute Gasteiger partial charge is 0.494 e. The summed E-state index contributed by atoms with van der Waals surface area (Å²) in [5.74, 6) is 1.27. The van der Waals surface area contributed by atoms with Crippen molar-refractivity contribution in [1.29, 1.82) is 0 Å². The average molecular weight is 593 g/mol. The summed E-state index contributed by atoms with van der Waals surface area (Å²) in [7, 11) is 0. The average Bonchev–Trinajstić information content (AvgIpc) is 3.50. The van der Waals surface area contributed by atoms with Gasteiger partial charge in [-0.1, -0.05) is 12.1 Å². The van der Waals surface area contributed by atoms with E-state index < -0.39 is 6.10 Å². The molecule has 202 valence electrons. The van der Waals surface area contributed by atoms with Crippen molar-refractivity contribution in [1.82, 2.24) is 24.8 Å². The zero-order valence-electron chi connectivity index (χ0n) is 21.1. The smallest absolute Gasteiger partial charge is 0.261 e. The number of anilines is 1. The van der Waals surface area contributed by atoms with Crippen LogP contribution in [0.3, 0.4) is 0 Å². The lowest BCUT2D eigenvalue weighted by atomic mass is 10.1. The molecule has 2 aromatic carbocycles. The van der Waals surface area contributed by atoms with Gasteiger partial charge < -0.3 is 40.1 Å². The van der Waals surface area contributed by atoms with Gasteiger partial charge in [-0.3, -0.25) is 4.79 Å². The van der Waals surface area contributed by atoms with E-state index >= 15 is 0 Å². The number of halogens is 1. The van der Waals surface area contributed by atoms with Crippen LogP contribution in [-0.4, -0.2) is 62.1 Å². The number of H-pyrrole nitrogens is 2. The summed E-state index contributed by atoms with van der Waals surface area (Å²) in [5.41, 5.74) is 1.95. The molecule has 4 heterocycles. The van der Waals surface area contributed by atoms with Crippen molar-refractivity contribution in [2.45, 2.75) is 25.0 Å². The molecule has 0 spiro atoms. The standard InChI is InChI=1S/C28H29BrN6O4/c29-20-3-1-2-4-24(20)39-15-18(36)13-32-21-7-10-31-27(37)25(21)26-33-22-11-16-14-35(17-5-8-30-9-6-17)28(38)19(16)12-23(22)34-26/h1-4,7,10-12,14,17-18,30,36,38H,5-6,8-9,13,15H2,(H,33,34)(H2,31,32,37)/t18-/m1/s1. The number of fused-ring (bicyclic) bond motifs is 2. The van der Waals surface area contributed by atoms with Gasteiger partial charge in [0.05, 0.1) is 21.2 Å². The Balaban J connectivity index is 1.24. The predicted molar refractivity (Wildman–Crippen MR) is 155 cm³/mol. The molecule has 0 aliphatic carbocycles. The van der Waals surface area contributed by atoms with Crippen molar-refractivity contribution in [2.75, 3.05) is 31.6 Å². The number of piperidine rings is 1. The Morgan fingerprint density at radius 1 is 1.21 bits per heavy atom. The van der Waals surface area contributed by atoms with Crippen LogP contribution < -0.4 is 20.9 Å². The molecule has 0 amide bonds. The SMILES string of the molecule is O=c1[nH]ccc(NC[C@@H](O)COc2ccccc2Br)c1-c1nc2cc3c(O)n(C4CCNCC4)cc3cc2[nH]1. The van der Waals surface area contributed by atoms with Gasteiger partial charge >= 0.3 is 0 Å². The highest BCUT2D eigenvalue weighted by Gasteiger charge is 2.21. The molecule has 0 bridgehead atoms. The number of aliphatic hydroxyl groups excluding tert-OH is 1. The monoisotopic (exact) mass is 592 g/mol. The number of nitrogens with zero attached hydrogens (tertiary/aromatic N) is 2. The number of aromatic nitrogens is 4. The molecule has 1 atom stereocenters. The molecule has 0 radical (unpaired) electrons. The topological polar surface area (TPSA) is 140 Å². The van der Waals surface area contributed by atoms with Crippen LogP contribution in [0.1, 0.15) is 18.9 Å². The number of ether oxygens (including phenoxy) is 1. The van der Waals surface area contributed by atoms with E-state index in [1.807, 2.05) is 47.2 Å². The van der Waals surface area contributed by atoms with Crippen LogP contribution in [0.25, 0.3) is 33.2 Å². The quantitative estimate of drug-likeness (QED) is 0.159. The highest BCUT2D eigenvalue weighted by atomic mass is 79.9. The molecule has 10 nitrogen and oxygen atoms in total. The van der Waals surface area contributed by atoms with Gasteiger partial charge in [-0.05, 0) is 72.2 Å². The minimum Gasteiger partial charge on any atom is -0.494 e. The van der Waals surface area contributed by atoms with Crippen LogP contribution >= 0.6 is 15.9 Å². The Morgan fingerprint density at radius 3 is 2.85 bits per heavy atom. The van der Waals surface area contributed by atoms with Crippen molar-refractivity contribution in [3.8, 4) is 23.0 Å². The third kappa shape index (κ3) is 5.12. The molecule has 1 aliphatic heterocycles. The molecule has 39 heavy (non-hydrogen) atoms. The van der Waals surface area contributed by atoms with Gasteiger partial charge in [0.15, 0.2) is 5.88 Å². The number of hydrogen-bond donors (Lipinski definition) is 6. The van der Waals surface area contributed by atoms with Gasteiger partial charge in [-0.2, -0.15) is 0 Å². The first-order valence-corrected chi connectivity index (χ1v) is 13.7. The number of para-hydroxylation sites is 1. The highest BCUT2D eigenvalue weighted by Crippen LogP contribution is 2.36. The molecule has 6 N–H and O–H groups in total. The molecule has 0 unspecified atom stereocenters. The van der Waals surface area contributed by atoms with E-state index in [0.717, 1.165) is 46.7 Å². The van der Waals surface area contributed by atoms with Gasteiger partial charge in [-0.15, -0.1) is 0 Å². The predicted octanol–water partition coefficient (Wildman–Crippen LogP) is 4.12. The number of benzene rings is 2. The molecule has 1 aliphatic rings. The maximum atomic E-state index is 12.9. The van der Waals surface area contributed by atoms with Gasteiger partial charge in [0.25, 0.3) is 5.56 Å². The van der Waals surface area contributed by atoms with Crippen LogP contribution in [0.2, 0.25) is 0 Å². The maximum absolute atomic E-state index is 12.9. The first-order chi connectivity index (χ1) is 19.0. The summed E-state index contributed by atoms with van der Waals surface area (Å²) >= 11 is 3.43. The highest BCUT2D eigenvalue weighted by molar-refractivity contribution is 9.10.